The van der Waals surface area contributed by atoms with Crippen molar-refractivity contribution in [2.24, 2.45) is 23.7 Å². The molecule has 214 valence electrons. The zero-order chi connectivity index (χ0) is 28.2. The van der Waals surface area contributed by atoms with E-state index in [2.05, 4.69) is 39.8 Å². The molecule has 3 aliphatic rings. The van der Waals surface area contributed by atoms with Crippen LogP contribution in [-0.4, -0.2) is 34.3 Å². The second-order valence-corrected chi connectivity index (χ2v) is 12.8. The van der Waals surface area contributed by atoms with E-state index in [1.807, 2.05) is 25.1 Å². The number of fused-ring (bicyclic) bond motifs is 3. The fraction of sp³-hybridized carbons (Fsp3) is 0.629. The molecule has 6 atom stereocenters. The molecule has 2 aliphatic carbocycles. The SMILES string of the molecule is CCc1cc2c(cc1O)C(CO)=CC=CC(C)CC(C)=CCC1CC(CC2=O)CC2(CCC(C)C(CC)O2)C1. The van der Waals surface area contributed by atoms with Crippen molar-refractivity contribution in [1.82, 2.24) is 0 Å². The van der Waals surface area contributed by atoms with Gasteiger partial charge in [-0.2, -0.15) is 0 Å². The predicted octanol–water partition coefficient (Wildman–Crippen LogP) is 8.22. The molecule has 2 fully saturated rings. The van der Waals surface area contributed by atoms with Crippen molar-refractivity contribution in [2.75, 3.05) is 6.61 Å². The van der Waals surface area contributed by atoms with Gasteiger partial charge in [0.25, 0.3) is 0 Å². The lowest BCUT2D eigenvalue weighted by Gasteiger charge is -2.50. The van der Waals surface area contributed by atoms with Crippen molar-refractivity contribution >= 4 is 11.4 Å². The number of ketones is 1. The molecule has 2 bridgehead atoms. The van der Waals surface area contributed by atoms with E-state index in [0.717, 1.165) is 50.5 Å². The maximum Gasteiger partial charge on any atom is 0.163 e. The van der Waals surface area contributed by atoms with E-state index in [9.17, 15) is 15.0 Å². The van der Waals surface area contributed by atoms with E-state index >= 15 is 0 Å². The maximum atomic E-state index is 14.0. The van der Waals surface area contributed by atoms with Crippen LogP contribution in [0.4, 0.5) is 0 Å². The summed E-state index contributed by atoms with van der Waals surface area (Å²) < 4.78 is 6.94. The fourth-order valence-corrected chi connectivity index (χ4v) is 7.47. The standard InChI is InChI=1S/C35H50O4/c1-6-28-18-31-30(19-32(28)37)29(22-36)10-8-9-23(3)15-24(4)11-12-26-16-27(17-33(31)38)21-35(20-26)14-13-25(5)34(7-2)39-35/h8-11,18-19,23,25-27,34,36-37H,6-7,12-17,20-22H2,1-5H3. The monoisotopic (exact) mass is 534 g/mol. The molecule has 6 unspecified atom stereocenters. The Morgan fingerprint density at radius 3 is 2.56 bits per heavy atom. The Balaban J connectivity index is 1.75. The maximum absolute atomic E-state index is 14.0. The number of aryl methyl sites for hydroxylation is 1. The molecule has 4 rings (SSSR count). The van der Waals surface area contributed by atoms with Crippen LogP contribution >= 0.6 is 0 Å². The van der Waals surface area contributed by atoms with Crippen molar-refractivity contribution in [3.63, 3.8) is 0 Å². The van der Waals surface area contributed by atoms with Crippen LogP contribution in [0.5, 0.6) is 5.75 Å². The highest BCUT2D eigenvalue weighted by molar-refractivity contribution is 6.01. The van der Waals surface area contributed by atoms with Crippen LogP contribution in [0.15, 0.2) is 42.0 Å². The Morgan fingerprint density at radius 1 is 1.08 bits per heavy atom. The zero-order valence-corrected chi connectivity index (χ0v) is 24.8. The summed E-state index contributed by atoms with van der Waals surface area (Å²) in [5.74, 6) is 2.00. The first-order valence-corrected chi connectivity index (χ1v) is 15.4. The minimum atomic E-state index is -0.193. The number of rotatable bonds is 3. The Morgan fingerprint density at radius 2 is 1.85 bits per heavy atom. The number of aliphatic hydroxyl groups excluding tert-OH is 1. The highest BCUT2D eigenvalue weighted by atomic mass is 16.5. The second kappa shape index (κ2) is 13.0. The van der Waals surface area contributed by atoms with E-state index in [-0.39, 0.29) is 29.7 Å². The first-order chi connectivity index (χ1) is 18.7. The van der Waals surface area contributed by atoms with Crippen molar-refractivity contribution in [3.05, 3.63) is 58.7 Å². The summed E-state index contributed by atoms with van der Waals surface area (Å²) in [6, 6.07) is 3.55. The first-order valence-electron chi connectivity index (χ1n) is 15.4. The molecular formula is C35H50O4. The zero-order valence-electron chi connectivity index (χ0n) is 24.8. The highest BCUT2D eigenvalue weighted by Crippen LogP contribution is 2.49. The molecule has 39 heavy (non-hydrogen) atoms. The van der Waals surface area contributed by atoms with Crippen LogP contribution in [0.2, 0.25) is 0 Å². The summed E-state index contributed by atoms with van der Waals surface area (Å²) >= 11 is 0. The van der Waals surface area contributed by atoms with Gasteiger partial charge in [0, 0.05) is 12.0 Å². The van der Waals surface area contributed by atoms with Gasteiger partial charge in [-0.15, -0.1) is 0 Å². The van der Waals surface area contributed by atoms with Crippen molar-refractivity contribution in [2.45, 2.75) is 111 Å². The number of aromatic hydroxyl groups is 1. The van der Waals surface area contributed by atoms with Crippen molar-refractivity contribution < 1.29 is 19.7 Å². The molecule has 4 heteroatoms. The van der Waals surface area contributed by atoms with Gasteiger partial charge in [-0.3, -0.25) is 4.79 Å². The molecule has 1 aromatic carbocycles. The minimum absolute atomic E-state index is 0.104. The summed E-state index contributed by atoms with van der Waals surface area (Å²) in [4.78, 5) is 14.0. The van der Waals surface area contributed by atoms with Crippen LogP contribution in [0.1, 0.15) is 114 Å². The summed E-state index contributed by atoms with van der Waals surface area (Å²) in [6.07, 6.45) is 18.3. The largest absolute Gasteiger partial charge is 0.508 e. The molecule has 0 aromatic heterocycles. The molecule has 4 nitrogen and oxygen atoms in total. The summed E-state index contributed by atoms with van der Waals surface area (Å²) in [7, 11) is 0. The average molecular weight is 535 g/mol. The molecule has 1 aromatic rings. The van der Waals surface area contributed by atoms with Gasteiger partial charge in [-0.25, -0.2) is 0 Å². The Labute approximate surface area is 236 Å². The molecule has 1 heterocycles. The molecule has 0 amide bonds. The number of carbonyl (C=O) groups excluding carboxylic acids is 1. The summed E-state index contributed by atoms with van der Waals surface area (Å²) in [6.45, 7) is 10.8. The van der Waals surface area contributed by atoms with Gasteiger partial charge < -0.3 is 14.9 Å². The number of phenols is 1. The van der Waals surface area contributed by atoms with Gasteiger partial charge in [0.05, 0.1) is 18.3 Å². The number of hydrogen-bond acceptors (Lipinski definition) is 4. The van der Waals surface area contributed by atoms with Crippen molar-refractivity contribution in [3.8, 4) is 5.75 Å². The van der Waals surface area contributed by atoms with Crippen LogP contribution in [0, 0.1) is 23.7 Å². The molecule has 1 aliphatic heterocycles. The predicted molar refractivity (Wildman–Crippen MR) is 160 cm³/mol. The third kappa shape index (κ3) is 7.13. The number of allylic oxidation sites excluding steroid dienone is 5. The van der Waals surface area contributed by atoms with Crippen LogP contribution in [0.25, 0.3) is 5.57 Å². The number of aliphatic hydroxyl groups is 1. The topological polar surface area (TPSA) is 66.8 Å². The first kappa shape index (κ1) is 29.8. The normalized spacial score (nSPS) is 32.5. The Kier molecular flexibility index (Phi) is 9.93. The number of hydrogen-bond donors (Lipinski definition) is 2. The van der Waals surface area contributed by atoms with Crippen molar-refractivity contribution in [1.29, 1.82) is 0 Å². The second-order valence-electron chi connectivity index (χ2n) is 12.8. The van der Waals surface area contributed by atoms with Gasteiger partial charge in [0.2, 0.25) is 0 Å². The third-order valence-corrected chi connectivity index (χ3v) is 9.55. The average Bonchev–Trinajstić information content (AvgIpc) is 2.90. The molecule has 1 saturated heterocycles. The van der Waals surface area contributed by atoms with E-state index in [1.165, 1.54) is 12.0 Å². The van der Waals surface area contributed by atoms with Crippen LogP contribution in [0.3, 0.4) is 0 Å². The quantitative estimate of drug-likeness (QED) is 0.383. The molecule has 1 spiro atoms. The lowest BCUT2D eigenvalue weighted by atomic mass is 9.66. The van der Waals surface area contributed by atoms with E-state index < -0.39 is 0 Å². The molecule has 2 N–H and O–H groups in total. The Hall–Kier alpha value is -2.17. The third-order valence-electron chi connectivity index (χ3n) is 9.55. The van der Waals surface area contributed by atoms with E-state index in [4.69, 9.17) is 4.74 Å². The van der Waals surface area contributed by atoms with Gasteiger partial charge in [0.15, 0.2) is 5.78 Å². The number of benzene rings is 1. The highest BCUT2D eigenvalue weighted by Gasteiger charge is 2.46. The van der Waals surface area contributed by atoms with Gasteiger partial charge in [-0.1, -0.05) is 57.6 Å². The number of carbonyl (C=O) groups is 1. The molecule has 1 saturated carbocycles. The molecular weight excluding hydrogens is 484 g/mol. The van der Waals surface area contributed by atoms with Gasteiger partial charge in [-0.05, 0) is 117 Å². The number of Topliss-reactive ketones (excluding diaryl/α,β-unsaturated/α-hetero) is 1. The lowest BCUT2D eigenvalue weighted by molar-refractivity contribution is -0.181. The van der Waals surface area contributed by atoms with Crippen LogP contribution in [-0.2, 0) is 11.2 Å². The summed E-state index contributed by atoms with van der Waals surface area (Å²) in [5.41, 5.74) is 3.97. The van der Waals surface area contributed by atoms with E-state index in [0.29, 0.717) is 53.4 Å². The van der Waals surface area contributed by atoms with Crippen LogP contribution < -0.4 is 0 Å². The Bertz CT molecular complexity index is 1110. The number of ether oxygens (including phenoxy) is 1. The molecule has 0 radical (unpaired) electrons. The van der Waals surface area contributed by atoms with E-state index in [1.54, 1.807) is 6.07 Å². The minimum Gasteiger partial charge on any atom is -0.508 e. The van der Waals surface area contributed by atoms with Gasteiger partial charge >= 0.3 is 0 Å². The summed E-state index contributed by atoms with van der Waals surface area (Å²) in [5, 5.41) is 21.0. The fourth-order valence-electron chi connectivity index (χ4n) is 7.47. The number of phenolic OH excluding ortho intramolecular Hbond substituents is 1. The van der Waals surface area contributed by atoms with Gasteiger partial charge in [0.1, 0.15) is 5.75 Å². The smallest absolute Gasteiger partial charge is 0.163 e. The lowest BCUT2D eigenvalue weighted by Crippen LogP contribution is -2.49.